The molecule has 22 heavy (non-hydrogen) atoms. The molecule has 1 atom stereocenters. The van der Waals surface area contributed by atoms with E-state index in [0.717, 1.165) is 5.39 Å². The molecule has 1 aliphatic rings. The number of benzene rings is 1. The summed E-state index contributed by atoms with van der Waals surface area (Å²) in [5.41, 5.74) is 1.27. The van der Waals surface area contributed by atoms with Crippen molar-refractivity contribution in [3.8, 4) is 0 Å². The number of hydrogen-bond donors (Lipinski definition) is 1. The van der Waals surface area contributed by atoms with E-state index in [4.69, 9.17) is 9.15 Å². The molecule has 1 N–H and O–H groups in total. The second-order valence-corrected chi connectivity index (χ2v) is 5.33. The summed E-state index contributed by atoms with van der Waals surface area (Å²) in [6.07, 6.45) is 1.16. The zero-order chi connectivity index (χ0) is 15.7. The van der Waals surface area contributed by atoms with Crippen LogP contribution in [0.15, 0.2) is 28.7 Å². The zero-order valence-electron chi connectivity index (χ0n) is 12.2. The minimum Gasteiger partial charge on any atom is -0.480 e. The second kappa shape index (κ2) is 5.81. The van der Waals surface area contributed by atoms with E-state index in [1.807, 2.05) is 18.2 Å². The van der Waals surface area contributed by atoms with E-state index >= 15 is 0 Å². The molecule has 1 unspecified atom stereocenters. The van der Waals surface area contributed by atoms with Crippen molar-refractivity contribution in [3.63, 3.8) is 0 Å². The molecule has 0 spiro atoms. The Hall–Kier alpha value is -2.34. The fraction of sp³-hybridized carbons (Fsp3) is 0.375. The number of carbonyl (C=O) groups is 2. The van der Waals surface area contributed by atoms with Crippen LogP contribution >= 0.6 is 0 Å². The van der Waals surface area contributed by atoms with Crippen LogP contribution in [0.5, 0.6) is 0 Å². The number of carboxylic acids is 1. The Labute approximate surface area is 127 Å². The SMILES string of the molecule is COCc1c(C(=O)N2CCCC2C(=O)O)oc2ccccc12. The highest BCUT2D eigenvalue weighted by molar-refractivity contribution is 6.00. The smallest absolute Gasteiger partial charge is 0.326 e. The molecule has 0 radical (unpaired) electrons. The Morgan fingerprint density at radius 2 is 2.18 bits per heavy atom. The number of furan rings is 1. The number of nitrogens with zero attached hydrogens (tertiary/aromatic N) is 1. The first-order valence-corrected chi connectivity index (χ1v) is 7.16. The lowest BCUT2D eigenvalue weighted by Gasteiger charge is -2.20. The highest BCUT2D eigenvalue weighted by atomic mass is 16.5. The van der Waals surface area contributed by atoms with Gasteiger partial charge in [-0.1, -0.05) is 18.2 Å². The first-order valence-electron chi connectivity index (χ1n) is 7.16. The lowest BCUT2D eigenvalue weighted by atomic mass is 10.1. The van der Waals surface area contributed by atoms with Crippen molar-refractivity contribution in [2.75, 3.05) is 13.7 Å². The molecule has 116 valence electrons. The van der Waals surface area contributed by atoms with Gasteiger partial charge in [0.25, 0.3) is 5.91 Å². The van der Waals surface area contributed by atoms with Gasteiger partial charge >= 0.3 is 5.97 Å². The molecular formula is C16H17NO5. The van der Waals surface area contributed by atoms with Gasteiger partial charge in [-0.05, 0) is 18.9 Å². The maximum Gasteiger partial charge on any atom is 0.326 e. The highest BCUT2D eigenvalue weighted by Gasteiger charge is 2.37. The maximum absolute atomic E-state index is 12.7. The van der Waals surface area contributed by atoms with Gasteiger partial charge in [-0.15, -0.1) is 0 Å². The molecule has 3 rings (SSSR count). The van der Waals surface area contributed by atoms with Gasteiger partial charge in [0.05, 0.1) is 6.61 Å². The summed E-state index contributed by atoms with van der Waals surface area (Å²) in [5, 5.41) is 10.1. The summed E-state index contributed by atoms with van der Waals surface area (Å²) in [6, 6.07) is 6.55. The van der Waals surface area contributed by atoms with Crippen LogP contribution in [0.1, 0.15) is 29.0 Å². The molecule has 2 heterocycles. The topological polar surface area (TPSA) is 80.0 Å². The summed E-state index contributed by atoms with van der Waals surface area (Å²) in [5.74, 6) is -1.18. The Bertz CT molecular complexity index is 720. The molecule has 1 saturated heterocycles. The van der Waals surface area contributed by atoms with E-state index in [0.29, 0.717) is 30.5 Å². The monoisotopic (exact) mass is 303 g/mol. The van der Waals surface area contributed by atoms with Crippen molar-refractivity contribution in [2.45, 2.75) is 25.5 Å². The first kappa shape index (κ1) is 14.6. The largest absolute Gasteiger partial charge is 0.480 e. The van der Waals surface area contributed by atoms with E-state index in [1.165, 1.54) is 4.90 Å². The number of carboxylic acid groups (broad SMARTS) is 1. The van der Waals surface area contributed by atoms with E-state index in [1.54, 1.807) is 13.2 Å². The zero-order valence-corrected chi connectivity index (χ0v) is 12.2. The van der Waals surface area contributed by atoms with Gasteiger partial charge in [-0.25, -0.2) is 4.79 Å². The predicted molar refractivity (Wildman–Crippen MR) is 78.6 cm³/mol. The minimum absolute atomic E-state index is 0.177. The Morgan fingerprint density at radius 1 is 1.41 bits per heavy atom. The number of aliphatic carboxylic acids is 1. The van der Waals surface area contributed by atoms with E-state index in [2.05, 4.69) is 0 Å². The number of rotatable bonds is 4. The summed E-state index contributed by atoms with van der Waals surface area (Å²) < 4.78 is 10.9. The van der Waals surface area contributed by atoms with Crippen LogP contribution < -0.4 is 0 Å². The molecule has 6 heteroatoms. The van der Waals surface area contributed by atoms with Crippen LogP contribution in [0.3, 0.4) is 0 Å². The van der Waals surface area contributed by atoms with Gasteiger partial charge in [-0.3, -0.25) is 4.79 Å². The normalized spacial score (nSPS) is 18.0. The first-order chi connectivity index (χ1) is 10.6. The molecule has 1 fully saturated rings. The number of hydrogen-bond acceptors (Lipinski definition) is 4. The van der Waals surface area contributed by atoms with Crippen molar-refractivity contribution in [3.05, 3.63) is 35.6 Å². The molecule has 1 aromatic carbocycles. The van der Waals surface area contributed by atoms with Gasteiger partial charge in [0.15, 0.2) is 5.76 Å². The Morgan fingerprint density at radius 3 is 2.91 bits per heavy atom. The van der Waals surface area contributed by atoms with Crippen LogP contribution in [0.4, 0.5) is 0 Å². The average Bonchev–Trinajstić information content (AvgIpc) is 3.12. The van der Waals surface area contributed by atoms with Crippen LogP contribution in [0, 0.1) is 0 Å². The number of likely N-dealkylation sites (tertiary alicyclic amines) is 1. The number of ether oxygens (including phenoxy) is 1. The second-order valence-electron chi connectivity index (χ2n) is 5.33. The molecule has 0 aliphatic carbocycles. The fourth-order valence-electron chi connectivity index (χ4n) is 2.96. The van der Waals surface area contributed by atoms with Crippen LogP contribution in [0.25, 0.3) is 11.0 Å². The van der Waals surface area contributed by atoms with Crippen molar-refractivity contribution in [2.24, 2.45) is 0 Å². The standard InChI is InChI=1S/C16H17NO5/c1-21-9-11-10-5-2-3-7-13(10)22-14(11)15(18)17-8-4-6-12(17)16(19)20/h2-3,5,7,12H,4,6,8-9H2,1H3,(H,19,20). The Balaban J connectivity index is 2.03. The predicted octanol–water partition coefficient (Wildman–Crippen LogP) is 2.27. The van der Waals surface area contributed by atoms with Crippen LogP contribution in [0.2, 0.25) is 0 Å². The van der Waals surface area contributed by atoms with Gasteiger partial charge in [-0.2, -0.15) is 0 Å². The lowest BCUT2D eigenvalue weighted by molar-refractivity contribution is -0.141. The maximum atomic E-state index is 12.7. The number of amides is 1. The van der Waals surface area contributed by atoms with Gasteiger partial charge in [0.2, 0.25) is 0 Å². The summed E-state index contributed by atoms with van der Waals surface area (Å²) in [6.45, 7) is 0.670. The summed E-state index contributed by atoms with van der Waals surface area (Å²) in [4.78, 5) is 25.4. The molecule has 1 aliphatic heterocycles. The average molecular weight is 303 g/mol. The van der Waals surface area contributed by atoms with Gasteiger partial charge in [0.1, 0.15) is 11.6 Å². The summed E-state index contributed by atoms with van der Waals surface area (Å²) >= 11 is 0. The van der Waals surface area contributed by atoms with Crippen molar-refractivity contribution < 1.29 is 23.8 Å². The lowest BCUT2D eigenvalue weighted by Crippen LogP contribution is -2.40. The van der Waals surface area contributed by atoms with Crippen molar-refractivity contribution in [1.29, 1.82) is 0 Å². The summed E-state index contributed by atoms with van der Waals surface area (Å²) in [7, 11) is 1.55. The molecule has 1 amide bonds. The minimum atomic E-state index is -0.977. The quantitative estimate of drug-likeness (QED) is 0.937. The van der Waals surface area contributed by atoms with Gasteiger partial charge in [0, 0.05) is 24.6 Å². The highest BCUT2D eigenvalue weighted by Crippen LogP contribution is 2.29. The van der Waals surface area contributed by atoms with Crippen LogP contribution in [-0.2, 0) is 16.1 Å². The number of carbonyl (C=O) groups excluding carboxylic acids is 1. The fourth-order valence-corrected chi connectivity index (χ4v) is 2.96. The molecule has 0 saturated carbocycles. The number of methoxy groups -OCH3 is 1. The molecule has 2 aromatic rings. The molecular weight excluding hydrogens is 286 g/mol. The van der Waals surface area contributed by atoms with E-state index in [9.17, 15) is 14.7 Å². The number of para-hydroxylation sites is 1. The molecule has 0 bridgehead atoms. The van der Waals surface area contributed by atoms with Crippen LogP contribution in [-0.4, -0.2) is 41.6 Å². The van der Waals surface area contributed by atoms with Crippen molar-refractivity contribution in [1.82, 2.24) is 4.90 Å². The van der Waals surface area contributed by atoms with Crippen molar-refractivity contribution >= 4 is 22.8 Å². The Kier molecular flexibility index (Phi) is 3.85. The van der Waals surface area contributed by atoms with E-state index in [-0.39, 0.29) is 18.3 Å². The third-order valence-corrected chi connectivity index (χ3v) is 3.98. The van der Waals surface area contributed by atoms with Gasteiger partial charge < -0.3 is 19.2 Å². The molecule has 6 nitrogen and oxygen atoms in total. The third kappa shape index (κ3) is 2.35. The van der Waals surface area contributed by atoms with E-state index < -0.39 is 12.0 Å². The third-order valence-electron chi connectivity index (χ3n) is 3.98. The molecule has 1 aromatic heterocycles. The number of fused-ring (bicyclic) bond motifs is 1.